The number of carbonyl (C=O) groups is 4. The lowest BCUT2D eigenvalue weighted by molar-refractivity contribution is -0.159. The van der Waals surface area contributed by atoms with Crippen molar-refractivity contribution in [3.05, 3.63) is 0 Å². The van der Waals surface area contributed by atoms with Crippen LogP contribution in [0.1, 0.15) is 53.4 Å². The molecule has 1 aliphatic rings. The summed E-state index contributed by atoms with van der Waals surface area (Å²) in [5.41, 5.74) is 0. The van der Waals surface area contributed by atoms with Crippen molar-refractivity contribution in [2.75, 3.05) is 39.5 Å². The van der Waals surface area contributed by atoms with Crippen LogP contribution in [-0.2, 0) is 36.9 Å². The Kier molecular flexibility index (Phi) is 16.1. The molecule has 0 aromatic carbocycles. The maximum absolute atomic E-state index is 13.0. The number of hydrogen-bond acceptors (Lipinski definition) is 8. The van der Waals surface area contributed by atoms with Crippen LogP contribution in [0, 0.1) is 23.7 Å². The predicted octanol–water partition coefficient (Wildman–Crippen LogP) is 2.72. The first-order chi connectivity index (χ1) is 18.9. The second-order valence-electron chi connectivity index (χ2n) is 10.4. The topological polar surface area (TPSA) is 170 Å². The number of carbonyl (C=O) groups excluding carboxylic acids is 2. The van der Waals surface area contributed by atoms with Gasteiger partial charge in [-0.15, -0.1) is 0 Å². The number of carboxylic acids is 2. The van der Waals surface area contributed by atoms with Crippen LogP contribution in [-0.4, -0.2) is 90.6 Å². The van der Waals surface area contributed by atoms with Gasteiger partial charge in [-0.05, 0) is 78.6 Å². The largest absolute Gasteiger partial charge is 0.481 e. The molecule has 0 aromatic rings. The highest BCUT2D eigenvalue weighted by atomic mass is 28.4. The fraction of sp³-hybridized carbons (Fsp3) is 0.846. The Balaban J connectivity index is 2.78. The van der Waals surface area contributed by atoms with E-state index in [4.69, 9.17) is 17.7 Å². The van der Waals surface area contributed by atoms with E-state index in [-0.39, 0.29) is 25.9 Å². The molecule has 12 nitrogen and oxygen atoms in total. The smallest absolute Gasteiger partial charge is 0.334 e. The summed E-state index contributed by atoms with van der Waals surface area (Å²) >= 11 is 0. The molecule has 0 radical (unpaired) electrons. The zero-order chi connectivity index (χ0) is 30.3. The van der Waals surface area contributed by atoms with Crippen LogP contribution >= 0.6 is 0 Å². The van der Waals surface area contributed by atoms with Gasteiger partial charge in [0.2, 0.25) is 11.8 Å². The van der Waals surface area contributed by atoms with Gasteiger partial charge in [0, 0.05) is 39.5 Å². The number of carboxylic acid groups (broad SMARTS) is 2. The minimum Gasteiger partial charge on any atom is -0.481 e. The molecule has 40 heavy (non-hydrogen) atoms. The van der Waals surface area contributed by atoms with Crippen LogP contribution in [0.15, 0.2) is 0 Å². The van der Waals surface area contributed by atoms with Gasteiger partial charge in [0.1, 0.15) is 0 Å². The molecular weight excluding hydrogens is 556 g/mol. The van der Waals surface area contributed by atoms with Gasteiger partial charge in [0.25, 0.3) is 0 Å². The van der Waals surface area contributed by atoms with Crippen molar-refractivity contribution in [1.82, 2.24) is 10.6 Å². The lowest BCUT2D eigenvalue weighted by atomic mass is 9.67. The fourth-order valence-electron chi connectivity index (χ4n) is 5.43. The summed E-state index contributed by atoms with van der Waals surface area (Å²) in [5, 5.41) is 25.3. The Hall–Kier alpha value is -1.85. The quantitative estimate of drug-likeness (QED) is 0.119. The molecule has 1 saturated carbocycles. The average Bonchev–Trinajstić information content (AvgIpc) is 2.88. The zero-order valence-corrected chi connectivity index (χ0v) is 27.0. The monoisotopic (exact) mass is 606 g/mol. The first-order valence-electron chi connectivity index (χ1n) is 14.4. The number of nitrogens with one attached hydrogen (secondary N) is 2. The van der Waals surface area contributed by atoms with Gasteiger partial charge in [-0.3, -0.25) is 19.2 Å². The average molecular weight is 607 g/mol. The SMILES string of the molecule is CCO[Si](C)(CCCNC(=O)C1CC(C(=O)O)C(C(=O)NCCC[Si](C)(OCC)OCC)CC1C(=O)O)OCC. The summed E-state index contributed by atoms with van der Waals surface area (Å²) in [4.78, 5) is 50.2. The Bertz CT molecular complexity index is 753. The van der Waals surface area contributed by atoms with Crippen LogP contribution in [0.2, 0.25) is 25.2 Å². The molecule has 4 unspecified atom stereocenters. The highest BCUT2D eigenvalue weighted by molar-refractivity contribution is 6.66. The maximum Gasteiger partial charge on any atom is 0.334 e. The van der Waals surface area contributed by atoms with Gasteiger partial charge < -0.3 is 38.6 Å². The van der Waals surface area contributed by atoms with Crippen molar-refractivity contribution in [2.24, 2.45) is 23.7 Å². The normalized spacial score (nSPS) is 21.6. The molecule has 232 valence electrons. The van der Waals surface area contributed by atoms with Gasteiger partial charge in [0.05, 0.1) is 23.7 Å². The third-order valence-electron chi connectivity index (χ3n) is 7.31. The summed E-state index contributed by atoms with van der Waals surface area (Å²) in [6, 6.07) is 1.30. The number of amides is 2. The molecule has 2 amide bonds. The van der Waals surface area contributed by atoms with Gasteiger partial charge in [-0.25, -0.2) is 0 Å². The molecule has 4 N–H and O–H groups in total. The van der Waals surface area contributed by atoms with Crippen molar-refractivity contribution in [3.63, 3.8) is 0 Å². The van der Waals surface area contributed by atoms with E-state index in [0.29, 0.717) is 51.4 Å². The van der Waals surface area contributed by atoms with Gasteiger partial charge in [-0.2, -0.15) is 0 Å². The molecule has 1 fully saturated rings. The minimum absolute atomic E-state index is 0.222. The van der Waals surface area contributed by atoms with Crippen LogP contribution in [0.5, 0.6) is 0 Å². The third kappa shape index (κ3) is 11.6. The summed E-state index contributed by atoms with van der Waals surface area (Å²) in [5.74, 6) is -7.87. The summed E-state index contributed by atoms with van der Waals surface area (Å²) in [6.45, 7) is 14.2. The minimum atomic E-state index is -2.35. The van der Waals surface area contributed by atoms with Crippen LogP contribution in [0.3, 0.4) is 0 Å². The summed E-state index contributed by atoms with van der Waals surface area (Å²) in [6.07, 6.45) is 0.724. The molecule has 0 spiro atoms. The Labute approximate surface area is 240 Å². The van der Waals surface area contributed by atoms with Crippen molar-refractivity contribution in [2.45, 2.75) is 78.6 Å². The van der Waals surface area contributed by atoms with E-state index >= 15 is 0 Å². The van der Waals surface area contributed by atoms with E-state index in [2.05, 4.69) is 10.6 Å². The van der Waals surface area contributed by atoms with Crippen molar-refractivity contribution in [1.29, 1.82) is 0 Å². The molecule has 14 heteroatoms. The molecule has 0 heterocycles. The van der Waals surface area contributed by atoms with E-state index in [1.807, 2.05) is 40.8 Å². The predicted molar refractivity (Wildman–Crippen MR) is 153 cm³/mol. The Morgan fingerprint density at radius 3 is 1.18 bits per heavy atom. The standard InChI is InChI=1S/C26H50N2O10Si2/c1-7-35-39(5,36-8-2)15-11-13-27-23(29)19-17-22(26(33)34)20(18-21(19)25(31)32)24(30)28-14-12-16-40(6,37-9-3)38-10-4/h19-22H,7-18H2,1-6H3,(H,27,29)(H,28,30)(H,31,32)(H,33,34). The van der Waals surface area contributed by atoms with Crippen LogP contribution in [0.4, 0.5) is 0 Å². The molecule has 0 aliphatic heterocycles. The molecule has 1 rings (SSSR count). The van der Waals surface area contributed by atoms with E-state index in [0.717, 1.165) is 0 Å². The lowest BCUT2D eigenvalue weighted by Gasteiger charge is -2.36. The second-order valence-corrected chi connectivity index (χ2v) is 17.1. The van der Waals surface area contributed by atoms with Crippen LogP contribution in [0.25, 0.3) is 0 Å². The molecule has 0 saturated heterocycles. The van der Waals surface area contributed by atoms with Crippen molar-refractivity contribution >= 4 is 40.9 Å². The molecular formula is C26H50N2O10Si2. The molecule has 0 aromatic heterocycles. The third-order valence-corrected chi connectivity index (χ3v) is 13.4. The second kappa shape index (κ2) is 17.9. The number of hydrogen-bond donors (Lipinski definition) is 4. The maximum atomic E-state index is 13.0. The highest BCUT2D eigenvalue weighted by Gasteiger charge is 2.49. The zero-order valence-electron chi connectivity index (χ0n) is 25.0. The molecule has 4 atom stereocenters. The van der Waals surface area contributed by atoms with Crippen LogP contribution < -0.4 is 10.6 Å². The van der Waals surface area contributed by atoms with E-state index in [1.54, 1.807) is 0 Å². The van der Waals surface area contributed by atoms with E-state index in [1.165, 1.54) is 0 Å². The first-order valence-corrected chi connectivity index (χ1v) is 19.5. The van der Waals surface area contributed by atoms with Gasteiger partial charge >= 0.3 is 29.1 Å². The summed E-state index contributed by atoms with van der Waals surface area (Å²) < 4.78 is 23.2. The fourth-order valence-corrected chi connectivity index (χ4v) is 10.3. The molecule has 1 aliphatic carbocycles. The highest BCUT2D eigenvalue weighted by Crippen LogP contribution is 2.39. The van der Waals surface area contributed by atoms with Gasteiger partial charge in [0.15, 0.2) is 0 Å². The summed E-state index contributed by atoms with van der Waals surface area (Å²) in [7, 11) is -4.71. The van der Waals surface area contributed by atoms with Crippen molar-refractivity contribution in [3.8, 4) is 0 Å². The Morgan fingerprint density at radius 1 is 0.625 bits per heavy atom. The Morgan fingerprint density at radius 2 is 0.925 bits per heavy atom. The van der Waals surface area contributed by atoms with E-state index < -0.39 is 64.5 Å². The number of aliphatic carboxylic acids is 2. The van der Waals surface area contributed by atoms with Gasteiger partial charge in [-0.1, -0.05) is 0 Å². The first kappa shape index (κ1) is 36.2. The van der Waals surface area contributed by atoms with Crippen molar-refractivity contribution < 1.29 is 47.1 Å². The van der Waals surface area contributed by atoms with E-state index in [9.17, 15) is 29.4 Å². The lowest BCUT2D eigenvalue weighted by Crippen LogP contribution is -2.50. The number of rotatable bonds is 20. The molecule has 0 bridgehead atoms.